The number of benzene rings is 2. The number of aryl methyl sites for hydroxylation is 1. The Kier molecular flexibility index (Phi) is 4.86. The van der Waals surface area contributed by atoms with Crippen molar-refractivity contribution in [2.24, 2.45) is 0 Å². The first-order valence-corrected chi connectivity index (χ1v) is 7.77. The highest BCUT2D eigenvalue weighted by molar-refractivity contribution is 5.33. The Labute approximate surface area is 136 Å². The zero-order valence-corrected chi connectivity index (χ0v) is 13.2. The minimum absolute atomic E-state index is 0.488. The number of nitrogens with zero attached hydrogens (tertiary/aromatic N) is 2. The first-order valence-electron chi connectivity index (χ1n) is 7.77. The van der Waals surface area contributed by atoms with Crippen LogP contribution in [0.25, 0.3) is 5.69 Å². The molecule has 2 aromatic carbocycles. The van der Waals surface area contributed by atoms with E-state index in [4.69, 9.17) is 0 Å². The van der Waals surface area contributed by atoms with Crippen molar-refractivity contribution in [1.29, 1.82) is 0 Å². The molecule has 0 fully saturated rings. The molecule has 4 nitrogen and oxygen atoms in total. The monoisotopic (exact) mass is 307 g/mol. The predicted octanol–water partition coefficient (Wildman–Crippen LogP) is 3.00. The predicted molar refractivity (Wildman–Crippen MR) is 91.4 cm³/mol. The van der Waals surface area contributed by atoms with Crippen molar-refractivity contribution in [3.8, 4) is 5.69 Å². The first kappa shape index (κ1) is 15.5. The molecule has 23 heavy (non-hydrogen) atoms. The van der Waals surface area contributed by atoms with Crippen LogP contribution in [-0.2, 0) is 6.54 Å². The molecule has 0 bridgehead atoms. The topological polar surface area (TPSA) is 50.1 Å². The van der Waals surface area contributed by atoms with Gasteiger partial charge in [0, 0.05) is 25.5 Å². The van der Waals surface area contributed by atoms with Gasteiger partial charge in [-0.25, -0.2) is 4.68 Å². The van der Waals surface area contributed by atoms with Crippen LogP contribution in [0, 0.1) is 6.92 Å². The van der Waals surface area contributed by atoms with Crippen LogP contribution in [0.3, 0.4) is 0 Å². The van der Waals surface area contributed by atoms with Gasteiger partial charge in [-0.05, 0) is 36.2 Å². The van der Waals surface area contributed by atoms with Gasteiger partial charge in [0.1, 0.15) is 0 Å². The maximum absolute atomic E-state index is 10.2. The van der Waals surface area contributed by atoms with E-state index in [0.29, 0.717) is 6.54 Å². The minimum Gasteiger partial charge on any atom is -0.387 e. The summed E-state index contributed by atoms with van der Waals surface area (Å²) in [6, 6.07) is 18.1. The molecule has 0 aliphatic heterocycles. The Balaban J connectivity index is 1.52. The number of aliphatic hydroxyl groups is 1. The largest absolute Gasteiger partial charge is 0.387 e. The Morgan fingerprint density at radius 2 is 1.96 bits per heavy atom. The normalized spacial score (nSPS) is 12.3. The molecule has 0 saturated carbocycles. The lowest BCUT2D eigenvalue weighted by Crippen LogP contribution is -2.21. The molecule has 1 aromatic heterocycles. The van der Waals surface area contributed by atoms with Crippen LogP contribution >= 0.6 is 0 Å². The van der Waals surface area contributed by atoms with Gasteiger partial charge in [0.25, 0.3) is 0 Å². The summed E-state index contributed by atoms with van der Waals surface area (Å²) in [6.45, 7) is 3.29. The van der Waals surface area contributed by atoms with Gasteiger partial charge in [0.05, 0.1) is 11.8 Å². The highest BCUT2D eigenvalue weighted by atomic mass is 16.3. The Bertz CT molecular complexity index is 736. The van der Waals surface area contributed by atoms with Crippen molar-refractivity contribution in [2.75, 3.05) is 6.54 Å². The molecule has 2 N–H and O–H groups in total. The van der Waals surface area contributed by atoms with E-state index >= 15 is 0 Å². The van der Waals surface area contributed by atoms with Gasteiger partial charge in [-0.1, -0.05) is 42.0 Å². The van der Waals surface area contributed by atoms with Gasteiger partial charge >= 0.3 is 0 Å². The first-order chi connectivity index (χ1) is 11.2. The quantitative estimate of drug-likeness (QED) is 0.736. The standard InChI is InChI=1S/C19H21N3O/c1-15-4-2-5-17(12-15)19(23)14-20-13-16-6-8-18(9-7-16)22-11-3-10-21-22/h2-12,19-20,23H,13-14H2,1H3. The maximum Gasteiger partial charge on any atom is 0.0914 e. The third-order valence-corrected chi connectivity index (χ3v) is 3.80. The van der Waals surface area contributed by atoms with Gasteiger partial charge in [-0.3, -0.25) is 0 Å². The number of aliphatic hydroxyl groups excluding tert-OH is 1. The van der Waals surface area contributed by atoms with Crippen LogP contribution in [0.15, 0.2) is 67.0 Å². The number of hydrogen-bond donors (Lipinski definition) is 2. The smallest absolute Gasteiger partial charge is 0.0914 e. The fourth-order valence-corrected chi connectivity index (χ4v) is 2.54. The summed E-state index contributed by atoms with van der Waals surface area (Å²) < 4.78 is 1.83. The van der Waals surface area contributed by atoms with E-state index in [0.717, 1.165) is 23.4 Å². The molecule has 0 saturated heterocycles. The molecule has 4 heteroatoms. The summed E-state index contributed by atoms with van der Waals surface area (Å²) >= 11 is 0. The van der Waals surface area contributed by atoms with Crippen LogP contribution in [-0.4, -0.2) is 21.4 Å². The second-order valence-corrected chi connectivity index (χ2v) is 5.68. The lowest BCUT2D eigenvalue weighted by atomic mass is 10.1. The van der Waals surface area contributed by atoms with E-state index in [1.807, 2.05) is 60.3 Å². The molecule has 1 unspecified atom stereocenters. The molecule has 3 rings (SSSR count). The summed E-state index contributed by atoms with van der Waals surface area (Å²) in [4.78, 5) is 0. The van der Waals surface area contributed by atoms with E-state index in [-0.39, 0.29) is 0 Å². The highest BCUT2D eigenvalue weighted by Gasteiger charge is 2.07. The van der Waals surface area contributed by atoms with Crippen molar-refractivity contribution in [2.45, 2.75) is 19.6 Å². The zero-order valence-electron chi connectivity index (χ0n) is 13.2. The Morgan fingerprint density at radius 3 is 2.65 bits per heavy atom. The summed E-state index contributed by atoms with van der Waals surface area (Å²) in [5.74, 6) is 0. The van der Waals surface area contributed by atoms with Crippen molar-refractivity contribution < 1.29 is 5.11 Å². The maximum atomic E-state index is 10.2. The highest BCUT2D eigenvalue weighted by Crippen LogP contribution is 2.14. The molecule has 118 valence electrons. The van der Waals surface area contributed by atoms with E-state index in [9.17, 15) is 5.11 Å². The average molecular weight is 307 g/mol. The third kappa shape index (κ3) is 4.06. The van der Waals surface area contributed by atoms with Crippen molar-refractivity contribution in [1.82, 2.24) is 15.1 Å². The summed E-state index contributed by atoms with van der Waals surface area (Å²) in [5, 5.41) is 17.7. The average Bonchev–Trinajstić information content (AvgIpc) is 3.10. The molecular weight excluding hydrogens is 286 g/mol. The van der Waals surface area contributed by atoms with Crippen LogP contribution in [0.1, 0.15) is 22.8 Å². The molecule has 0 radical (unpaired) electrons. The number of hydrogen-bond acceptors (Lipinski definition) is 3. The Hall–Kier alpha value is -2.43. The molecule has 3 aromatic rings. The van der Waals surface area contributed by atoms with E-state index < -0.39 is 6.10 Å². The second kappa shape index (κ2) is 7.22. The van der Waals surface area contributed by atoms with Crippen LogP contribution < -0.4 is 5.32 Å². The molecule has 1 atom stereocenters. The number of nitrogens with one attached hydrogen (secondary N) is 1. The lowest BCUT2D eigenvalue weighted by Gasteiger charge is -2.13. The SMILES string of the molecule is Cc1cccc(C(O)CNCc2ccc(-n3cccn3)cc2)c1. The Morgan fingerprint density at radius 1 is 1.13 bits per heavy atom. The number of rotatable bonds is 6. The lowest BCUT2D eigenvalue weighted by molar-refractivity contribution is 0.174. The van der Waals surface area contributed by atoms with Crippen molar-refractivity contribution in [3.05, 3.63) is 83.7 Å². The van der Waals surface area contributed by atoms with Gasteiger partial charge in [0.2, 0.25) is 0 Å². The van der Waals surface area contributed by atoms with E-state index in [1.54, 1.807) is 6.20 Å². The van der Waals surface area contributed by atoms with Gasteiger partial charge in [-0.15, -0.1) is 0 Å². The van der Waals surface area contributed by atoms with Crippen molar-refractivity contribution in [3.63, 3.8) is 0 Å². The van der Waals surface area contributed by atoms with Gasteiger partial charge < -0.3 is 10.4 Å². The fraction of sp³-hybridized carbons (Fsp3) is 0.211. The van der Waals surface area contributed by atoms with E-state index in [1.165, 1.54) is 5.56 Å². The molecule has 0 amide bonds. The zero-order chi connectivity index (χ0) is 16.1. The van der Waals surface area contributed by atoms with Gasteiger partial charge in [-0.2, -0.15) is 5.10 Å². The molecule has 0 aliphatic carbocycles. The molecule has 0 spiro atoms. The summed E-state index contributed by atoms with van der Waals surface area (Å²) in [6.07, 6.45) is 3.20. The van der Waals surface area contributed by atoms with E-state index in [2.05, 4.69) is 22.5 Å². The summed E-state index contributed by atoms with van der Waals surface area (Å²) in [7, 11) is 0. The minimum atomic E-state index is -0.488. The van der Waals surface area contributed by atoms with Gasteiger partial charge in [0.15, 0.2) is 0 Å². The summed E-state index contributed by atoms with van der Waals surface area (Å²) in [5.41, 5.74) is 4.33. The molecule has 1 heterocycles. The molecular formula is C19H21N3O. The number of aromatic nitrogens is 2. The second-order valence-electron chi connectivity index (χ2n) is 5.68. The fourth-order valence-electron chi connectivity index (χ4n) is 2.54. The van der Waals surface area contributed by atoms with Crippen LogP contribution in [0.4, 0.5) is 0 Å². The molecule has 0 aliphatic rings. The van der Waals surface area contributed by atoms with Crippen molar-refractivity contribution >= 4 is 0 Å². The van der Waals surface area contributed by atoms with Crippen LogP contribution in [0.2, 0.25) is 0 Å². The van der Waals surface area contributed by atoms with Crippen LogP contribution in [0.5, 0.6) is 0 Å². The third-order valence-electron chi connectivity index (χ3n) is 3.80.